The lowest BCUT2D eigenvalue weighted by Gasteiger charge is -2.21. The molecule has 0 radical (unpaired) electrons. The van der Waals surface area contributed by atoms with Gasteiger partial charge in [-0.2, -0.15) is 5.10 Å². The Balaban J connectivity index is 1.68. The summed E-state index contributed by atoms with van der Waals surface area (Å²) >= 11 is 0. The van der Waals surface area contributed by atoms with E-state index in [0.717, 1.165) is 17.1 Å². The van der Waals surface area contributed by atoms with E-state index in [1.807, 2.05) is 18.2 Å². The van der Waals surface area contributed by atoms with Crippen LogP contribution in [0.25, 0.3) is 0 Å². The fourth-order valence-electron chi connectivity index (χ4n) is 2.24. The van der Waals surface area contributed by atoms with Crippen molar-refractivity contribution in [2.75, 3.05) is 13.8 Å². The summed E-state index contributed by atoms with van der Waals surface area (Å²) < 4.78 is 12.2. The topological polar surface area (TPSA) is 69.5 Å². The Kier molecular flexibility index (Phi) is 3.47. The van der Waals surface area contributed by atoms with Crippen LogP contribution in [0.3, 0.4) is 0 Å². The Labute approximate surface area is 122 Å². The Morgan fingerprint density at radius 1 is 1.43 bits per heavy atom. The van der Waals surface area contributed by atoms with Crippen molar-refractivity contribution in [2.24, 2.45) is 0 Å². The number of ether oxygens (including phenoxy) is 2. The number of nitrogens with zero attached hydrogens (tertiary/aromatic N) is 4. The first-order chi connectivity index (χ1) is 10.1. The maximum absolute atomic E-state index is 12.4. The van der Waals surface area contributed by atoms with Crippen molar-refractivity contribution < 1.29 is 14.3 Å². The van der Waals surface area contributed by atoms with Crippen molar-refractivity contribution in [3.8, 4) is 11.5 Å². The smallest absolute Gasteiger partial charge is 0.247 e. The predicted octanol–water partition coefficient (Wildman–Crippen LogP) is 1.23. The van der Waals surface area contributed by atoms with Gasteiger partial charge in [-0.1, -0.05) is 6.07 Å². The summed E-state index contributed by atoms with van der Waals surface area (Å²) in [7, 11) is 1.76. The minimum Gasteiger partial charge on any atom is -0.454 e. The van der Waals surface area contributed by atoms with Crippen molar-refractivity contribution in [3.63, 3.8) is 0 Å². The first kappa shape index (κ1) is 13.4. The molecule has 7 heteroatoms. The maximum Gasteiger partial charge on any atom is 0.247 e. The maximum atomic E-state index is 12.4. The molecule has 1 atom stereocenters. The summed E-state index contributed by atoms with van der Waals surface area (Å²) in [4.78, 5) is 17.9. The van der Waals surface area contributed by atoms with E-state index in [1.54, 1.807) is 23.6 Å². The van der Waals surface area contributed by atoms with Gasteiger partial charge in [-0.15, -0.1) is 0 Å². The number of benzene rings is 1. The van der Waals surface area contributed by atoms with E-state index >= 15 is 0 Å². The van der Waals surface area contributed by atoms with E-state index in [9.17, 15) is 4.79 Å². The summed E-state index contributed by atoms with van der Waals surface area (Å²) in [5.41, 5.74) is 0.987. The molecule has 7 nitrogen and oxygen atoms in total. The van der Waals surface area contributed by atoms with Gasteiger partial charge in [0.1, 0.15) is 18.7 Å². The number of amides is 1. The molecule has 0 aliphatic carbocycles. The number of hydrogen-bond donors (Lipinski definition) is 0. The first-order valence-corrected chi connectivity index (χ1v) is 6.63. The molecule has 1 aliphatic rings. The molecule has 3 rings (SSSR count). The summed E-state index contributed by atoms with van der Waals surface area (Å²) in [6.45, 7) is 2.54. The number of hydrogen-bond acceptors (Lipinski definition) is 5. The van der Waals surface area contributed by atoms with Gasteiger partial charge in [0.15, 0.2) is 11.5 Å². The normalized spacial score (nSPS) is 14.0. The van der Waals surface area contributed by atoms with Gasteiger partial charge >= 0.3 is 0 Å². The zero-order valence-corrected chi connectivity index (χ0v) is 11.9. The fraction of sp³-hybridized carbons (Fsp3) is 0.357. The first-order valence-electron chi connectivity index (χ1n) is 6.63. The van der Waals surface area contributed by atoms with E-state index in [2.05, 4.69) is 10.1 Å². The van der Waals surface area contributed by atoms with Gasteiger partial charge in [-0.25, -0.2) is 9.67 Å². The predicted molar refractivity (Wildman–Crippen MR) is 73.8 cm³/mol. The van der Waals surface area contributed by atoms with Gasteiger partial charge in [-0.05, 0) is 24.6 Å². The molecule has 0 N–H and O–H groups in total. The molecule has 2 aromatic rings. The quantitative estimate of drug-likeness (QED) is 0.846. The van der Waals surface area contributed by atoms with E-state index < -0.39 is 0 Å². The van der Waals surface area contributed by atoms with Crippen molar-refractivity contribution in [2.45, 2.75) is 19.5 Å². The van der Waals surface area contributed by atoms with Gasteiger partial charge in [0.05, 0.1) is 0 Å². The summed E-state index contributed by atoms with van der Waals surface area (Å²) in [5.74, 6) is 1.43. The van der Waals surface area contributed by atoms with Crippen LogP contribution in [0, 0.1) is 0 Å². The van der Waals surface area contributed by atoms with Crippen molar-refractivity contribution in [1.29, 1.82) is 0 Å². The number of carbonyl (C=O) groups excluding carboxylic acids is 1. The van der Waals surface area contributed by atoms with E-state index in [4.69, 9.17) is 9.47 Å². The fourth-order valence-corrected chi connectivity index (χ4v) is 2.24. The molecule has 21 heavy (non-hydrogen) atoms. The highest BCUT2D eigenvalue weighted by Crippen LogP contribution is 2.32. The zero-order valence-electron chi connectivity index (χ0n) is 11.9. The minimum atomic E-state index is -0.383. The lowest BCUT2D eigenvalue weighted by molar-refractivity contribution is -0.133. The average Bonchev–Trinajstić information content (AvgIpc) is 3.16. The standard InChI is InChI=1S/C14H16N4O3/c1-10(18-8-15-7-16-18)14(19)17(2)6-11-3-4-12-13(5-11)21-9-20-12/h3-5,7-8,10H,6,9H2,1-2H3/t10-/m1/s1. The Bertz CT molecular complexity index is 642. The third kappa shape index (κ3) is 2.67. The molecule has 2 heterocycles. The van der Waals surface area contributed by atoms with Gasteiger partial charge in [-0.3, -0.25) is 4.79 Å². The number of fused-ring (bicyclic) bond motifs is 1. The molecule has 0 saturated carbocycles. The van der Waals surface area contributed by atoms with Crippen LogP contribution in [0.4, 0.5) is 0 Å². The van der Waals surface area contributed by atoms with Gasteiger partial charge in [0, 0.05) is 13.6 Å². The molecule has 1 aromatic heterocycles. The van der Waals surface area contributed by atoms with Crippen molar-refractivity contribution in [3.05, 3.63) is 36.4 Å². The summed E-state index contributed by atoms with van der Waals surface area (Å²) in [5, 5.41) is 4.00. The lowest BCUT2D eigenvalue weighted by Crippen LogP contribution is -2.32. The Morgan fingerprint density at radius 2 is 2.24 bits per heavy atom. The van der Waals surface area contributed by atoms with Gasteiger partial charge in [0.2, 0.25) is 12.7 Å². The van der Waals surface area contributed by atoms with Crippen LogP contribution < -0.4 is 9.47 Å². The molecule has 0 saturated heterocycles. The number of aromatic nitrogens is 3. The van der Waals surface area contributed by atoms with Crippen molar-refractivity contribution >= 4 is 5.91 Å². The average molecular weight is 288 g/mol. The van der Waals surface area contributed by atoms with Crippen molar-refractivity contribution in [1.82, 2.24) is 19.7 Å². The van der Waals surface area contributed by atoms with Crippen LogP contribution >= 0.6 is 0 Å². The number of carbonyl (C=O) groups is 1. The zero-order chi connectivity index (χ0) is 14.8. The number of rotatable bonds is 4. The molecular weight excluding hydrogens is 272 g/mol. The third-order valence-electron chi connectivity index (χ3n) is 3.42. The highest BCUT2D eigenvalue weighted by molar-refractivity contribution is 5.79. The molecule has 1 aromatic carbocycles. The van der Waals surface area contributed by atoms with Gasteiger partial charge in [0.25, 0.3) is 0 Å². The second-order valence-electron chi connectivity index (χ2n) is 4.93. The molecule has 0 bridgehead atoms. The monoisotopic (exact) mass is 288 g/mol. The van der Waals surface area contributed by atoms with Crippen LogP contribution in [0.2, 0.25) is 0 Å². The van der Waals surface area contributed by atoms with E-state index in [0.29, 0.717) is 6.54 Å². The third-order valence-corrected chi connectivity index (χ3v) is 3.42. The van der Waals surface area contributed by atoms with Crippen LogP contribution in [0.5, 0.6) is 11.5 Å². The highest BCUT2D eigenvalue weighted by atomic mass is 16.7. The van der Waals surface area contributed by atoms with Crippen LogP contribution in [0.1, 0.15) is 18.5 Å². The molecule has 110 valence electrons. The summed E-state index contributed by atoms with van der Waals surface area (Å²) in [6.07, 6.45) is 2.96. The molecule has 1 amide bonds. The molecule has 0 fully saturated rings. The van der Waals surface area contributed by atoms with E-state index in [-0.39, 0.29) is 18.7 Å². The Hall–Kier alpha value is -2.57. The molecule has 0 spiro atoms. The van der Waals surface area contributed by atoms with E-state index in [1.165, 1.54) is 12.7 Å². The Morgan fingerprint density at radius 3 is 3.00 bits per heavy atom. The SMILES string of the molecule is C[C@H](C(=O)N(C)Cc1ccc2c(c1)OCO2)n1cncn1. The minimum absolute atomic E-state index is 0.0295. The van der Waals surface area contributed by atoms with Crippen LogP contribution in [0.15, 0.2) is 30.9 Å². The summed E-state index contributed by atoms with van der Waals surface area (Å²) in [6, 6.07) is 5.30. The second kappa shape index (κ2) is 5.43. The highest BCUT2D eigenvalue weighted by Gasteiger charge is 2.21. The largest absolute Gasteiger partial charge is 0.454 e. The van der Waals surface area contributed by atoms with Crippen LogP contribution in [-0.2, 0) is 11.3 Å². The lowest BCUT2D eigenvalue weighted by atomic mass is 10.2. The second-order valence-corrected chi connectivity index (χ2v) is 4.93. The van der Waals surface area contributed by atoms with Gasteiger partial charge < -0.3 is 14.4 Å². The number of likely N-dealkylation sites (N-methyl/N-ethyl adjacent to an activating group) is 1. The molecular formula is C14H16N4O3. The molecule has 0 unspecified atom stereocenters. The van der Waals surface area contributed by atoms with Crippen LogP contribution in [-0.4, -0.2) is 39.4 Å². The molecule has 1 aliphatic heterocycles.